The van der Waals surface area contributed by atoms with E-state index >= 15 is 0 Å². The SMILES string of the molecule is O=c1c(O)cc2cnc(/C=C/c3cc(O)c(O)c(I)c3)sc-2c1O.Oc1cc(CNC(=S)/C=C/c2cc(O)c(O)c(I)c2)cc(O)c1O. The number of halogens is 2. The second-order valence-corrected chi connectivity index (χ2v) is 13.6. The summed E-state index contributed by atoms with van der Waals surface area (Å²) in [5.41, 5.74) is 1.50. The molecule has 10 N–H and O–H groups in total. The topological polar surface area (TPSA) is 224 Å². The highest BCUT2D eigenvalue weighted by Gasteiger charge is 2.16. The number of fused-ring (bicyclic) bond motifs is 1. The number of rotatable bonds is 6. The summed E-state index contributed by atoms with van der Waals surface area (Å²) in [6, 6.07) is 10.1. The highest BCUT2D eigenvalue weighted by Crippen LogP contribution is 2.37. The third kappa shape index (κ3) is 8.88. The molecule has 0 bridgehead atoms. The molecule has 0 fully saturated rings. The van der Waals surface area contributed by atoms with Gasteiger partial charge in [0.05, 0.1) is 17.0 Å². The molecule has 48 heavy (non-hydrogen) atoms. The van der Waals surface area contributed by atoms with Crippen molar-refractivity contribution in [2.24, 2.45) is 0 Å². The third-order valence-corrected chi connectivity index (χ3v) is 9.34. The number of hydrogen-bond donors (Lipinski definition) is 10. The molecule has 0 amide bonds. The van der Waals surface area contributed by atoms with Gasteiger partial charge >= 0.3 is 0 Å². The Bertz CT molecular complexity index is 2050. The van der Waals surface area contributed by atoms with Crippen LogP contribution in [0.15, 0.2) is 59.5 Å². The van der Waals surface area contributed by atoms with Crippen LogP contribution >= 0.6 is 68.7 Å². The number of benzene rings is 4. The van der Waals surface area contributed by atoms with Gasteiger partial charge in [0.15, 0.2) is 51.7 Å². The second-order valence-electron chi connectivity index (χ2n) is 9.80. The first-order valence-electron chi connectivity index (χ1n) is 13.3. The summed E-state index contributed by atoms with van der Waals surface area (Å²) in [5, 5.41) is 89.2. The lowest BCUT2D eigenvalue weighted by atomic mass is 10.1. The van der Waals surface area contributed by atoms with Crippen LogP contribution in [0.25, 0.3) is 28.7 Å². The Hall–Kier alpha value is -4.53. The minimum atomic E-state index is -0.821. The van der Waals surface area contributed by atoms with Gasteiger partial charge in [0.1, 0.15) is 5.01 Å². The fraction of sp³-hybridized carbons (Fsp3) is 0.0312. The molecule has 0 atom stereocenters. The van der Waals surface area contributed by atoms with E-state index in [-0.39, 0.29) is 29.5 Å². The average Bonchev–Trinajstić information content (AvgIpc) is 3.04. The summed E-state index contributed by atoms with van der Waals surface area (Å²) in [6.45, 7) is 0.239. The van der Waals surface area contributed by atoms with Crippen LogP contribution in [0, 0.1) is 7.14 Å². The lowest BCUT2D eigenvalue weighted by molar-refractivity contribution is 0.367. The molecular formula is C32H24I2N2O10S2. The van der Waals surface area contributed by atoms with Crippen LogP contribution in [0.5, 0.6) is 51.7 Å². The Morgan fingerprint density at radius 3 is 1.81 bits per heavy atom. The van der Waals surface area contributed by atoms with Gasteiger partial charge < -0.3 is 51.3 Å². The van der Waals surface area contributed by atoms with E-state index in [1.54, 1.807) is 36.4 Å². The number of phenolic OH excluding ortho intramolecular Hbond substituents is 9. The van der Waals surface area contributed by atoms with Crippen molar-refractivity contribution in [3.63, 3.8) is 0 Å². The average molecular weight is 914 g/mol. The molecule has 3 aromatic rings. The molecule has 0 saturated carbocycles. The van der Waals surface area contributed by atoms with Crippen LogP contribution in [-0.2, 0) is 6.54 Å². The van der Waals surface area contributed by atoms with Crippen molar-refractivity contribution in [1.82, 2.24) is 10.3 Å². The zero-order valence-electron chi connectivity index (χ0n) is 24.1. The molecule has 3 aromatic carbocycles. The van der Waals surface area contributed by atoms with Gasteiger partial charge in [-0.15, -0.1) is 11.3 Å². The van der Waals surface area contributed by atoms with Gasteiger partial charge in [-0.25, -0.2) is 4.98 Å². The highest BCUT2D eigenvalue weighted by atomic mass is 127. The summed E-state index contributed by atoms with van der Waals surface area (Å²) in [7, 11) is 0. The molecule has 0 unspecified atom stereocenters. The van der Waals surface area contributed by atoms with Crippen LogP contribution < -0.4 is 10.7 Å². The lowest BCUT2D eigenvalue weighted by Gasteiger charge is -2.08. The van der Waals surface area contributed by atoms with Crippen LogP contribution in [-0.4, -0.2) is 55.9 Å². The van der Waals surface area contributed by atoms with Crippen molar-refractivity contribution in [3.8, 4) is 62.2 Å². The Kier molecular flexibility index (Phi) is 11.8. The first-order valence-corrected chi connectivity index (χ1v) is 16.7. The van der Waals surface area contributed by atoms with Crippen molar-refractivity contribution in [2.45, 2.75) is 6.54 Å². The Morgan fingerprint density at radius 2 is 1.25 bits per heavy atom. The highest BCUT2D eigenvalue weighted by molar-refractivity contribution is 14.1. The molecule has 1 heterocycles. The van der Waals surface area contributed by atoms with Crippen LogP contribution in [0.2, 0.25) is 0 Å². The molecule has 5 rings (SSSR count). The number of nitrogens with one attached hydrogen (secondary N) is 1. The van der Waals surface area contributed by atoms with Crippen molar-refractivity contribution in [1.29, 1.82) is 0 Å². The van der Waals surface area contributed by atoms with E-state index in [0.717, 1.165) is 11.3 Å². The summed E-state index contributed by atoms with van der Waals surface area (Å²) < 4.78 is 1.02. The number of thiocarbonyl (C=S) groups is 1. The number of phenols is 9. The van der Waals surface area contributed by atoms with E-state index in [9.17, 15) is 50.8 Å². The molecule has 0 spiro atoms. The standard InChI is InChI=1S/C16H10INO5S.C16H14INO5S/c17-9-3-7(4-10(19)13(9)21)1-2-12-18-6-8-5-11(20)14(22)15(23)16(8)24-12;17-10-3-8(4-11(19)15(10)22)1-2-14(24)18-7-9-5-12(20)16(23)13(21)6-9/h1-6,19-21,23H;1-6,19-23H,7H2,(H,18,24)/b2*2-1+. The molecule has 0 saturated heterocycles. The molecular weight excluding hydrogens is 890 g/mol. The Balaban J connectivity index is 0.000000217. The molecule has 16 heteroatoms. The maximum Gasteiger partial charge on any atom is 0.263 e. The number of aromatic nitrogens is 1. The Morgan fingerprint density at radius 1 is 0.708 bits per heavy atom. The summed E-state index contributed by atoms with van der Waals surface area (Å²) in [6.07, 6.45) is 8.06. The van der Waals surface area contributed by atoms with E-state index in [1.807, 2.05) is 45.2 Å². The predicted octanol–water partition coefficient (Wildman–Crippen LogP) is 6.16. The number of hydrogen-bond acceptors (Lipinski definition) is 13. The van der Waals surface area contributed by atoms with Gasteiger partial charge in [0.2, 0.25) is 0 Å². The van der Waals surface area contributed by atoms with Crippen LogP contribution in [0.4, 0.5) is 0 Å². The molecule has 0 aromatic heterocycles. The summed E-state index contributed by atoms with van der Waals surface area (Å²) in [4.78, 5) is 16.5. The summed E-state index contributed by atoms with van der Waals surface area (Å²) in [5.74, 6) is -3.20. The van der Waals surface area contributed by atoms with Crippen molar-refractivity contribution >= 4 is 92.0 Å². The van der Waals surface area contributed by atoms with Gasteiger partial charge in [0, 0.05) is 18.3 Å². The lowest BCUT2D eigenvalue weighted by Crippen LogP contribution is -2.18. The first-order chi connectivity index (χ1) is 22.6. The van der Waals surface area contributed by atoms with Gasteiger partial charge in [-0.05, 0) is 116 Å². The van der Waals surface area contributed by atoms with E-state index < -0.39 is 34.2 Å². The third-order valence-electron chi connectivity index (χ3n) is 6.33. The quantitative estimate of drug-likeness (QED) is 0.0400. The second kappa shape index (κ2) is 15.6. The maximum absolute atomic E-state index is 11.6. The number of aromatic hydroxyl groups is 9. The van der Waals surface area contributed by atoms with E-state index in [4.69, 9.17) is 12.2 Å². The molecule has 12 nitrogen and oxygen atoms in total. The minimum absolute atomic E-state index is 0.166. The fourth-order valence-corrected chi connectivity index (χ4v) is 6.22. The molecule has 1 aliphatic carbocycles. The number of nitrogens with zero attached hydrogens (tertiary/aromatic N) is 1. The van der Waals surface area contributed by atoms with Crippen LogP contribution in [0.3, 0.4) is 0 Å². The van der Waals surface area contributed by atoms with Gasteiger partial charge in [-0.3, -0.25) is 4.79 Å². The molecule has 1 aliphatic heterocycles. The zero-order chi connectivity index (χ0) is 35.3. The largest absolute Gasteiger partial charge is 0.504 e. The molecule has 248 valence electrons. The Labute approximate surface area is 308 Å². The first kappa shape index (κ1) is 36.3. The maximum atomic E-state index is 11.6. The van der Waals surface area contributed by atoms with Crippen molar-refractivity contribution in [3.05, 3.63) is 93.8 Å². The van der Waals surface area contributed by atoms with Gasteiger partial charge in [0.25, 0.3) is 5.43 Å². The fourth-order valence-electron chi connectivity index (χ4n) is 3.94. The summed E-state index contributed by atoms with van der Waals surface area (Å²) >= 11 is 10.1. The van der Waals surface area contributed by atoms with Gasteiger partial charge in [-0.1, -0.05) is 24.4 Å². The van der Waals surface area contributed by atoms with E-state index in [2.05, 4.69) is 10.3 Å². The van der Waals surface area contributed by atoms with Gasteiger partial charge in [-0.2, -0.15) is 0 Å². The normalized spacial score (nSPS) is 11.1. The molecule has 0 radical (unpaired) electrons. The minimum Gasteiger partial charge on any atom is -0.504 e. The van der Waals surface area contributed by atoms with E-state index in [0.29, 0.717) is 44.3 Å². The van der Waals surface area contributed by atoms with Crippen LogP contribution in [0.1, 0.15) is 21.7 Å². The zero-order valence-corrected chi connectivity index (χ0v) is 30.0. The van der Waals surface area contributed by atoms with E-state index in [1.165, 1.54) is 36.5 Å². The molecule has 2 aliphatic rings. The van der Waals surface area contributed by atoms with Crippen molar-refractivity contribution in [2.75, 3.05) is 0 Å². The smallest absolute Gasteiger partial charge is 0.263 e. The predicted molar refractivity (Wildman–Crippen MR) is 202 cm³/mol. The van der Waals surface area contributed by atoms with Crippen molar-refractivity contribution < 1.29 is 46.0 Å². The monoisotopic (exact) mass is 914 g/mol.